The number of phosphoric acid groups is 1. The van der Waals surface area contributed by atoms with Crippen molar-refractivity contribution in [3.05, 3.63) is 0 Å². The van der Waals surface area contributed by atoms with Gasteiger partial charge in [0.25, 0.3) is 0 Å². The van der Waals surface area contributed by atoms with Gasteiger partial charge in [-0.05, 0) is 12.3 Å². The first-order valence-corrected chi connectivity index (χ1v) is 8.69. The maximum atomic E-state index is 10.5. The van der Waals surface area contributed by atoms with Crippen LogP contribution in [0.15, 0.2) is 0 Å². The molecule has 2 N–H and O–H groups in total. The Morgan fingerprint density at radius 1 is 1.00 bits per heavy atom. The summed E-state index contributed by atoms with van der Waals surface area (Å²) in [6.45, 7) is 4.49. The summed E-state index contributed by atoms with van der Waals surface area (Å²) in [5, 5.41) is 0. The van der Waals surface area contributed by atoms with E-state index in [0.717, 1.165) is 12.8 Å². The number of hydrogen-bond acceptors (Lipinski definition) is 2. The third-order valence-electron chi connectivity index (χ3n) is 3.17. The van der Waals surface area contributed by atoms with E-state index in [4.69, 9.17) is 9.79 Å². The SMILES string of the molecule is CCCCCCCCCC(C)CCOP(=O)(O)O. The fourth-order valence-corrected chi connectivity index (χ4v) is 2.31. The van der Waals surface area contributed by atoms with Crippen LogP contribution < -0.4 is 0 Å². The number of hydrogen-bond donors (Lipinski definition) is 2. The van der Waals surface area contributed by atoms with Crippen LogP contribution in [0.3, 0.4) is 0 Å². The molecule has 110 valence electrons. The summed E-state index contributed by atoms with van der Waals surface area (Å²) in [6.07, 6.45) is 11.0. The molecule has 0 aliphatic rings. The van der Waals surface area contributed by atoms with Crippen molar-refractivity contribution in [3.8, 4) is 0 Å². The van der Waals surface area contributed by atoms with E-state index in [1.165, 1.54) is 44.9 Å². The lowest BCUT2D eigenvalue weighted by Gasteiger charge is -2.11. The Balaban J connectivity index is 3.27. The van der Waals surface area contributed by atoms with E-state index in [9.17, 15) is 4.57 Å². The van der Waals surface area contributed by atoms with Gasteiger partial charge < -0.3 is 9.79 Å². The molecule has 4 nitrogen and oxygen atoms in total. The maximum absolute atomic E-state index is 10.5. The van der Waals surface area contributed by atoms with Crippen LogP contribution in [0.1, 0.15) is 71.6 Å². The minimum absolute atomic E-state index is 0.155. The Morgan fingerprint density at radius 2 is 1.56 bits per heavy atom. The minimum atomic E-state index is -4.27. The fourth-order valence-electron chi connectivity index (χ4n) is 1.97. The summed E-state index contributed by atoms with van der Waals surface area (Å²) in [7, 11) is -4.27. The molecule has 0 saturated heterocycles. The molecule has 0 spiro atoms. The molecule has 0 aromatic carbocycles. The molecule has 0 aromatic heterocycles. The van der Waals surface area contributed by atoms with Crippen molar-refractivity contribution in [1.82, 2.24) is 0 Å². The average molecular weight is 280 g/mol. The Morgan fingerprint density at radius 3 is 2.11 bits per heavy atom. The largest absolute Gasteiger partial charge is 0.469 e. The molecule has 0 rings (SSSR count). The molecule has 0 heterocycles. The number of unbranched alkanes of at least 4 members (excludes halogenated alkanes) is 6. The molecule has 0 aliphatic heterocycles. The van der Waals surface area contributed by atoms with Crippen molar-refractivity contribution in [3.63, 3.8) is 0 Å². The zero-order valence-electron chi connectivity index (χ0n) is 11.8. The standard InChI is InChI=1S/C13H29O4P/c1-3-4-5-6-7-8-9-10-13(2)11-12-17-18(14,15)16/h13H,3-12H2,1-2H3,(H2,14,15,16). The molecule has 0 radical (unpaired) electrons. The zero-order valence-corrected chi connectivity index (χ0v) is 12.7. The van der Waals surface area contributed by atoms with Gasteiger partial charge in [0.05, 0.1) is 6.61 Å². The van der Waals surface area contributed by atoms with Gasteiger partial charge in [-0.1, -0.05) is 65.2 Å². The van der Waals surface area contributed by atoms with Gasteiger partial charge in [-0.15, -0.1) is 0 Å². The molecular weight excluding hydrogens is 251 g/mol. The zero-order chi connectivity index (χ0) is 13.9. The van der Waals surface area contributed by atoms with E-state index in [2.05, 4.69) is 18.4 Å². The van der Waals surface area contributed by atoms with Crippen LogP contribution in [-0.2, 0) is 9.09 Å². The van der Waals surface area contributed by atoms with Crippen molar-refractivity contribution in [2.24, 2.45) is 5.92 Å². The number of rotatable bonds is 12. The Bertz CT molecular complexity index is 227. The van der Waals surface area contributed by atoms with E-state index >= 15 is 0 Å². The second kappa shape index (κ2) is 11.0. The second-order valence-corrected chi connectivity index (χ2v) is 6.37. The third kappa shape index (κ3) is 14.2. The summed E-state index contributed by atoms with van der Waals surface area (Å²) in [6, 6.07) is 0. The first-order valence-electron chi connectivity index (χ1n) is 7.15. The normalized spacial score (nSPS) is 13.8. The van der Waals surface area contributed by atoms with Crippen molar-refractivity contribution in [2.75, 3.05) is 6.61 Å². The molecule has 1 unspecified atom stereocenters. The molecule has 1 atom stereocenters. The quantitative estimate of drug-likeness (QED) is 0.414. The van der Waals surface area contributed by atoms with Crippen molar-refractivity contribution >= 4 is 7.82 Å². The third-order valence-corrected chi connectivity index (χ3v) is 3.69. The van der Waals surface area contributed by atoms with Crippen LogP contribution in [0, 0.1) is 5.92 Å². The summed E-state index contributed by atoms with van der Waals surface area (Å²) >= 11 is 0. The predicted octanol–water partition coefficient (Wildman–Crippen LogP) is 4.26. The maximum Gasteiger partial charge on any atom is 0.469 e. The van der Waals surface area contributed by atoms with Crippen LogP contribution in [0.25, 0.3) is 0 Å². The van der Waals surface area contributed by atoms with Gasteiger partial charge in [-0.2, -0.15) is 0 Å². The summed E-state index contributed by atoms with van der Waals surface area (Å²) < 4.78 is 14.9. The Labute approximate surface area is 111 Å². The van der Waals surface area contributed by atoms with Gasteiger partial charge in [0.2, 0.25) is 0 Å². The van der Waals surface area contributed by atoms with E-state index in [1.54, 1.807) is 0 Å². The Kier molecular flexibility index (Phi) is 11.0. The van der Waals surface area contributed by atoms with Crippen molar-refractivity contribution in [1.29, 1.82) is 0 Å². The van der Waals surface area contributed by atoms with Gasteiger partial charge in [0.15, 0.2) is 0 Å². The summed E-state index contributed by atoms with van der Waals surface area (Å²) in [5.41, 5.74) is 0. The molecule has 0 saturated carbocycles. The molecule has 5 heteroatoms. The first-order chi connectivity index (χ1) is 8.45. The van der Waals surface area contributed by atoms with Gasteiger partial charge in [-0.3, -0.25) is 4.52 Å². The fraction of sp³-hybridized carbons (Fsp3) is 1.00. The second-order valence-electron chi connectivity index (χ2n) is 5.13. The van der Waals surface area contributed by atoms with Crippen LogP contribution >= 0.6 is 7.82 Å². The molecule has 0 aromatic rings. The van der Waals surface area contributed by atoms with Crippen molar-refractivity contribution < 1.29 is 18.9 Å². The molecule has 0 aliphatic carbocycles. The average Bonchev–Trinajstić information content (AvgIpc) is 2.26. The van der Waals surface area contributed by atoms with E-state index in [-0.39, 0.29) is 6.61 Å². The monoisotopic (exact) mass is 280 g/mol. The lowest BCUT2D eigenvalue weighted by atomic mass is 9.99. The minimum Gasteiger partial charge on any atom is -0.303 e. The van der Waals surface area contributed by atoms with Crippen molar-refractivity contribution in [2.45, 2.75) is 71.6 Å². The highest BCUT2D eigenvalue weighted by Gasteiger charge is 2.13. The summed E-state index contributed by atoms with van der Waals surface area (Å²) in [5.74, 6) is 0.479. The van der Waals surface area contributed by atoms with E-state index in [0.29, 0.717) is 5.92 Å². The van der Waals surface area contributed by atoms with Crippen LogP contribution in [0.5, 0.6) is 0 Å². The highest BCUT2D eigenvalue weighted by Crippen LogP contribution is 2.36. The van der Waals surface area contributed by atoms with Crippen LogP contribution in [0.2, 0.25) is 0 Å². The molecule has 0 fully saturated rings. The van der Waals surface area contributed by atoms with Crippen LogP contribution in [0.4, 0.5) is 0 Å². The molecular formula is C13H29O4P. The lowest BCUT2D eigenvalue weighted by Crippen LogP contribution is -2.01. The highest BCUT2D eigenvalue weighted by atomic mass is 31.2. The highest BCUT2D eigenvalue weighted by molar-refractivity contribution is 7.46. The van der Waals surface area contributed by atoms with E-state index < -0.39 is 7.82 Å². The predicted molar refractivity (Wildman–Crippen MR) is 74.4 cm³/mol. The molecule has 0 amide bonds. The van der Waals surface area contributed by atoms with Gasteiger partial charge >= 0.3 is 7.82 Å². The molecule has 0 bridgehead atoms. The first kappa shape index (κ1) is 18.1. The van der Waals surface area contributed by atoms with Crippen LogP contribution in [-0.4, -0.2) is 16.4 Å². The van der Waals surface area contributed by atoms with E-state index in [1.807, 2.05) is 0 Å². The number of phosphoric ester groups is 1. The Hall–Kier alpha value is 0.110. The summed E-state index contributed by atoms with van der Waals surface area (Å²) in [4.78, 5) is 17.1. The van der Waals surface area contributed by atoms with Gasteiger partial charge in [0.1, 0.15) is 0 Å². The smallest absolute Gasteiger partial charge is 0.303 e. The van der Waals surface area contributed by atoms with Gasteiger partial charge in [-0.25, -0.2) is 4.57 Å². The topological polar surface area (TPSA) is 66.8 Å². The lowest BCUT2D eigenvalue weighted by molar-refractivity contribution is 0.184. The molecule has 18 heavy (non-hydrogen) atoms. The van der Waals surface area contributed by atoms with Gasteiger partial charge in [0, 0.05) is 0 Å².